The molecular formula is C39H79NO2. The fourth-order valence-corrected chi connectivity index (χ4v) is 5.75. The van der Waals surface area contributed by atoms with Crippen molar-refractivity contribution in [3.63, 3.8) is 0 Å². The van der Waals surface area contributed by atoms with Crippen LogP contribution in [0.5, 0.6) is 0 Å². The normalized spacial score (nSPS) is 12.5. The molecule has 252 valence electrons. The van der Waals surface area contributed by atoms with Gasteiger partial charge in [-0.15, -0.1) is 0 Å². The first-order valence-electron chi connectivity index (χ1n) is 19.4. The van der Waals surface area contributed by atoms with E-state index >= 15 is 0 Å². The molecule has 0 fully saturated rings. The van der Waals surface area contributed by atoms with Crippen LogP contribution in [0.15, 0.2) is 12.2 Å². The molecule has 0 aliphatic rings. The lowest BCUT2D eigenvalue weighted by molar-refractivity contribution is -0.0136. The van der Waals surface area contributed by atoms with Crippen LogP contribution < -0.4 is 5.73 Å². The Kier molecular flexibility index (Phi) is 38.3. The summed E-state index contributed by atoms with van der Waals surface area (Å²) in [5.74, 6) is 0. The first-order valence-corrected chi connectivity index (χ1v) is 19.4. The molecule has 0 saturated heterocycles. The molecular weight excluding hydrogens is 514 g/mol. The van der Waals surface area contributed by atoms with Gasteiger partial charge in [0.15, 0.2) is 0 Å². The summed E-state index contributed by atoms with van der Waals surface area (Å²) in [6.07, 6.45) is 46.1. The Morgan fingerprint density at radius 2 is 0.762 bits per heavy atom. The zero-order valence-corrected chi connectivity index (χ0v) is 29.2. The second-order valence-corrected chi connectivity index (χ2v) is 13.0. The van der Waals surface area contributed by atoms with E-state index in [4.69, 9.17) is 15.2 Å². The highest BCUT2D eigenvalue weighted by Gasteiger charge is 2.07. The van der Waals surface area contributed by atoms with Crippen molar-refractivity contribution in [3.05, 3.63) is 12.2 Å². The number of nitrogens with two attached hydrogens (primary N) is 1. The van der Waals surface area contributed by atoms with Crippen LogP contribution in [0.2, 0.25) is 0 Å². The summed E-state index contributed by atoms with van der Waals surface area (Å²) in [6, 6.07) is 0. The van der Waals surface area contributed by atoms with Crippen LogP contribution in [0.4, 0.5) is 0 Å². The predicted octanol–water partition coefficient (Wildman–Crippen LogP) is 12.6. The minimum Gasteiger partial charge on any atom is -0.379 e. The molecule has 0 aromatic heterocycles. The molecule has 0 aromatic carbocycles. The molecule has 0 amide bonds. The Morgan fingerprint density at radius 1 is 0.429 bits per heavy atom. The third-order valence-corrected chi connectivity index (χ3v) is 8.72. The number of rotatable bonds is 37. The van der Waals surface area contributed by atoms with Crippen molar-refractivity contribution < 1.29 is 9.47 Å². The van der Waals surface area contributed by atoms with Gasteiger partial charge >= 0.3 is 0 Å². The van der Waals surface area contributed by atoms with Crippen LogP contribution >= 0.6 is 0 Å². The molecule has 2 N–H and O–H groups in total. The summed E-state index contributed by atoms with van der Waals surface area (Å²) < 4.78 is 11.9. The first kappa shape index (κ1) is 41.6. The average molecular weight is 594 g/mol. The van der Waals surface area contributed by atoms with Gasteiger partial charge in [-0.2, -0.15) is 0 Å². The maximum atomic E-state index is 5.98. The van der Waals surface area contributed by atoms with E-state index in [1.165, 1.54) is 186 Å². The Balaban J connectivity index is 3.28. The quantitative estimate of drug-likeness (QED) is 0.0575. The molecule has 0 aliphatic carbocycles. The number of ether oxygens (including phenoxy) is 2. The van der Waals surface area contributed by atoms with E-state index in [1.54, 1.807) is 0 Å². The van der Waals surface area contributed by atoms with Crippen LogP contribution in [-0.4, -0.2) is 32.5 Å². The van der Waals surface area contributed by atoms with Gasteiger partial charge in [0.1, 0.15) is 0 Å². The van der Waals surface area contributed by atoms with E-state index in [1.807, 2.05) is 0 Å². The third-order valence-electron chi connectivity index (χ3n) is 8.72. The summed E-state index contributed by atoms with van der Waals surface area (Å²) >= 11 is 0. The maximum absolute atomic E-state index is 5.98. The molecule has 0 radical (unpaired) electrons. The van der Waals surface area contributed by atoms with Gasteiger partial charge in [-0.3, -0.25) is 0 Å². The highest BCUT2D eigenvalue weighted by molar-refractivity contribution is 4.81. The second-order valence-electron chi connectivity index (χ2n) is 13.0. The fourth-order valence-electron chi connectivity index (χ4n) is 5.75. The third kappa shape index (κ3) is 35.8. The lowest BCUT2D eigenvalue weighted by Gasteiger charge is -2.16. The van der Waals surface area contributed by atoms with Gasteiger partial charge in [-0.1, -0.05) is 180 Å². The molecule has 3 nitrogen and oxygen atoms in total. The lowest BCUT2D eigenvalue weighted by atomic mass is 10.0. The lowest BCUT2D eigenvalue weighted by Crippen LogP contribution is -2.29. The largest absolute Gasteiger partial charge is 0.379 e. The monoisotopic (exact) mass is 594 g/mol. The van der Waals surface area contributed by atoms with E-state index in [0.29, 0.717) is 13.2 Å². The Labute approximate surface area is 265 Å². The molecule has 42 heavy (non-hydrogen) atoms. The van der Waals surface area contributed by atoms with Crippen LogP contribution in [-0.2, 0) is 9.47 Å². The van der Waals surface area contributed by atoms with Crippen molar-refractivity contribution in [3.8, 4) is 0 Å². The number of hydrogen-bond acceptors (Lipinski definition) is 3. The van der Waals surface area contributed by atoms with Gasteiger partial charge in [0.05, 0.1) is 12.7 Å². The number of allylic oxidation sites excluding steroid dienone is 2. The summed E-state index contributed by atoms with van der Waals surface area (Å²) in [5.41, 5.74) is 5.91. The fraction of sp³-hybridized carbons (Fsp3) is 0.949. The summed E-state index contributed by atoms with van der Waals surface area (Å²) in [5, 5.41) is 0. The van der Waals surface area contributed by atoms with Crippen LogP contribution in [0, 0.1) is 0 Å². The Bertz CT molecular complexity index is 495. The molecule has 3 heteroatoms. The van der Waals surface area contributed by atoms with Crippen molar-refractivity contribution in [2.24, 2.45) is 5.73 Å². The highest BCUT2D eigenvalue weighted by atomic mass is 16.5. The van der Waals surface area contributed by atoms with Gasteiger partial charge < -0.3 is 15.2 Å². The molecule has 0 spiro atoms. The standard InChI is InChI=1S/C39H79NO2/c1-3-5-7-9-11-13-15-17-19-21-23-25-27-29-31-33-35-41-38-39(37-40)42-36-34-32-30-28-26-24-22-20-18-16-14-12-10-8-6-4-2/h18,20,39H,3-17,19,21-38,40H2,1-2H3. The van der Waals surface area contributed by atoms with E-state index in [0.717, 1.165) is 19.6 Å². The van der Waals surface area contributed by atoms with Crippen LogP contribution in [0.1, 0.15) is 206 Å². The second kappa shape index (κ2) is 38.6. The highest BCUT2D eigenvalue weighted by Crippen LogP contribution is 2.14. The van der Waals surface area contributed by atoms with E-state index in [2.05, 4.69) is 26.0 Å². The van der Waals surface area contributed by atoms with Crippen molar-refractivity contribution in [2.45, 2.75) is 213 Å². The van der Waals surface area contributed by atoms with Crippen LogP contribution in [0.25, 0.3) is 0 Å². The van der Waals surface area contributed by atoms with E-state index in [9.17, 15) is 0 Å². The van der Waals surface area contributed by atoms with Gasteiger partial charge in [0.2, 0.25) is 0 Å². The van der Waals surface area contributed by atoms with Gasteiger partial charge in [0.25, 0.3) is 0 Å². The molecule has 1 atom stereocenters. The van der Waals surface area contributed by atoms with Crippen molar-refractivity contribution in [1.29, 1.82) is 0 Å². The SMILES string of the molecule is CCCCCCCCC=CCCCCCCCCOC(CN)COCCCCCCCCCCCCCCCCCC. The number of hydrogen-bond donors (Lipinski definition) is 1. The Morgan fingerprint density at radius 3 is 1.14 bits per heavy atom. The predicted molar refractivity (Wildman–Crippen MR) is 189 cm³/mol. The van der Waals surface area contributed by atoms with Gasteiger partial charge in [-0.25, -0.2) is 0 Å². The zero-order chi connectivity index (χ0) is 30.4. The van der Waals surface area contributed by atoms with Gasteiger partial charge in [0, 0.05) is 19.8 Å². The molecule has 1 unspecified atom stereocenters. The zero-order valence-electron chi connectivity index (χ0n) is 29.2. The van der Waals surface area contributed by atoms with Crippen molar-refractivity contribution in [1.82, 2.24) is 0 Å². The Hall–Kier alpha value is -0.380. The van der Waals surface area contributed by atoms with Crippen LogP contribution in [0.3, 0.4) is 0 Å². The summed E-state index contributed by atoms with van der Waals surface area (Å²) in [7, 11) is 0. The smallest absolute Gasteiger partial charge is 0.0930 e. The summed E-state index contributed by atoms with van der Waals surface area (Å²) in [6.45, 7) is 7.48. The van der Waals surface area contributed by atoms with Crippen molar-refractivity contribution >= 4 is 0 Å². The molecule has 0 aliphatic heterocycles. The molecule has 0 rings (SSSR count). The van der Waals surface area contributed by atoms with Crippen molar-refractivity contribution in [2.75, 3.05) is 26.4 Å². The minimum absolute atomic E-state index is 0.0641. The average Bonchev–Trinajstić information content (AvgIpc) is 3.00. The molecule has 0 aromatic rings. The molecule has 0 bridgehead atoms. The minimum atomic E-state index is 0.0641. The summed E-state index contributed by atoms with van der Waals surface area (Å²) in [4.78, 5) is 0. The maximum Gasteiger partial charge on any atom is 0.0930 e. The van der Waals surface area contributed by atoms with E-state index < -0.39 is 0 Å². The molecule has 0 heterocycles. The first-order chi connectivity index (χ1) is 20.8. The van der Waals surface area contributed by atoms with Gasteiger partial charge in [-0.05, 0) is 38.5 Å². The molecule has 0 saturated carbocycles. The topological polar surface area (TPSA) is 44.5 Å². The van der Waals surface area contributed by atoms with E-state index in [-0.39, 0.29) is 6.10 Å². The number of unbranched alkanes of at least 4 members (excludes halogenated alkanes) is 27.